The Morgan fingerprint density at radius 1 is 1.13 bits per heavy atom. The Hall–Kier alpha value is -3.03. The fourth-order valence-corrected chi connectivity index (χ4v) is 4.15. The van der Waals surface area contributed by atoms with Crippen molar-refractivity contribution < 1.29 is 23.5 Å². The summed E-state index contributed by atoms with van der Waals surface area (Å²) < 4.78 is 29.4. The average Bonchev–Trinajstić information content (AvgIpc) is 3.31. The zero-order valence-electron chi connectivity index (χ0n) is 16.5. The first-order valence-electron chi connectivity index (χ1n) is 10.1. The number of likely N-dealkylation sites (tertiary alicyclic amines) is 1. The highest BCUT2D eigenvalue weighted by molar-refractivity contribution is 5.96. The van der Waals surface area contributed by atoms with Gasteiger partial charge in [0.15, 0.2) is 17.9 Å². The van der Waals surface area contributed by atoms with Gasteiger partial charge < -0.3 is 14.9 Å². The number of piperidine rings is 1. The number of pyridine rings is 1. The van der Waals surface area contributed by atoms with Crippen LogP contribution in [0.1, 0.15) is 52.0 Å². The number of hydrogen-bond acceptors (Lipinski definition) is 5. The molecule has 2 aliphatic rings. The van der Waals surface area contributed by atoms with Gasteiger partial charge in [-0.3, -0.25) is 9.59 Å². The van der Waals surface area contributed by atoms with E-state index in [1.54, 1.807) is 12.3 Å². The summed E-state index contributed by atoms with van der Waals surface area (Å²) in [4.78, 5) is 31.7. The molecule has 0 spiro atoms. The lowest BCUT2D eigenvalue weighted by Gasteiger charge is -2.36. The van der Waals surface area contributed by atoms with Crippen LogP contribution >= 0.6 is 0 Å². The van der Waals surface area contributed by atoms with Gasteiger partial charge in [0.1, 0.15) is 11.5 Å². The number of aldehydes is 1. The minimum atomic E-state index is -1.58. The maximum absolute atomic E-state index is 15.6. The highest BCUT2D eigenvalue weighted by Crippen LogP contribution is 2.37. The number of phenols is 1. The number of rotatable bonds is 4. The van der Waals surface area contributed by atoms with Crippen LogP contribution in [-0.2, 0) is 5.67 Å². The second-order valence-electron chi connectivity index (χ2n) is 7.87. The molecular weight excluding hydrogens is 392 g/mol. The van der Waals surface area contributed by atoms with Crippen molar-refractivity contribution in [1.29, 1.82) is 0 Å². The van der Waals surface area contributed by atoms with Crippen LogP contribution in [0.15, 0.2) is 30.5 Å². The largest absolute Gasteiger partial charge is 0.504 e. The van der Waals surface area contributed by atoms with Crippen molar-refractivity contribution in [1.82, 2.24) is 9.88 Å². The SMILES string of the molecule is O=Cc1cc(C(=O)N2CCC(F)(c3ccc(N4CCCC4)nc3)CC2)cc(F)c1O. The smallest absolute Gasteiger partial charge is 0.253 e. The number of halogens is 2. The summed E-state index contributed by atoms with van der Waals surface area (Å²) >= 11 is 0. The number of phenolic OH excluding ortho intramolecular Hbond substituents is 1. The molecule has 8 heteroatoms. The number of nitrogens with zero attached hydrogens (tertiary/aromatic N) is 3. The maximum atomic E-state index is 15.6. The first-order valence-corrected chi connectivity index (χ1v) is 10.1. The Morgan fingerprint density at radius 2 is 1.83 bits per heavy atom. The van der Waals surface area contributed by atoms with Crippen molar-refractivity contribution in [3.05, 3.63) is 53.0 Å². The zero-order valence-corrected chi connectivity index (χ0v) is 16.5. The fraction of sp³-hybridized carbons (Fsp3) is 0.409. The molecule has 1 N–H and O–H groups in total. The molecule has 0 unspecified atom stereocenters. The Morgan fingerprint density at radius 3 is 2.43 bits per heavy atom. The van der Waals surface area contributed by atoms with E-state index in [4.69, 9.17) is 0 Å². The second kappa shape index (κ2) is 8.01. The van der Waals surface area contributed by atoms with Crippen LogP contribution in [0.2, 0.25) is 0 Å². The molecule has 3 heterocycles. The van der Waals surface area contributed by atoms with Gasteiger partial charge in [-0.25, -0.2) is 13.8 Å². The Labute approximate surface area is 173 Å². The molecule has 2 saturated heterocycles. The van der Waals surface area contributed by atoms with Crippen molar-refractivity contribution in [2.24, 2.45) is 0 Å². The normalized spacial score (nSPS) is 18.5. The highest BCUT2D eigenvalue weighted by atomic mass is 19.1. The molecule has 0 saturated carbocycles. The Balaban J connectivity index is 1.44. The minimum absolute atomic E-state index is 0.0459. The van der Waals surface area contributed by atoms with E-state index in [0.29, 0.717) is 5.56 Å². The summed E-state index contributed by atoms with van der Waals surface area (Å²) in [5, 5.41) is 9.51. The summed E-state index contributed by atoms with van der Waals surface area (Å²) in [7, 11) is 0. The second-order valence-corrected chi connectivity index (χ2v) is 7.87. The lowest BCUT2D eigenvalue weighted by atomic mass is 9.87. The van der Waals surface area contributed by atoms with Gasteiger partial charge in [0.2, 0.25) is 0 Å². The third kappa shape index (κ3) is 3.74. The molecule has 30 heavy (non-hydrogen) atoms. The molecule has 2 fully saturated rings. The number of carbonyl (C=O) groups excluding carboxylic acids is 2. The van der Waals surface area contributed by atoms with Crippen molar-refractivity contribution in [3.8, 4) is 5.75 Å². The minimum Gasteiger partial charge on any atom is -0.504 e. The van der Waals surface area contributed by atoms with E-state index >= 15 is 4.39 Å². The van der Waals surface area contributed by atoms with Crippen LogP contribution in [0, 0.1) is 5.82 Å². The maximum Gasteiger partial charge on any atom is 0.253 e. The number of benzene rings is 1. The van der Waals surface area contributed by atoms with Gasteiger partial charge >= 0.3 is 0 Å². The number of alkyl halides is 1. The number of aromatic nitrogens is 1. The summed E-state index contributed by atoms with van der Waals surface area (Å²) in [6.45, 7) is 2.24. The van der Waals surface area contributed by atoms with Gasteiger partial charge in [0.25, 0.3) is 5.91 Å². The standard InChI is InChI=1S/C22H23F2N3O3/c23-18-12-15(11-16(14-28)20(18)29)21(30)27-9-5-22(24,6-10-27)17-3-4-19(25-13-17)26-7-1-2-8-26/h3-4,11-14,29H,1-2,5-10H2. The van der Waals surface area contributed by atoms with E-state index in [2.05, 4.69) is 9.88 Å². The topological polar surface area (TPSA) is 73.7 Å². The van der Waals surface area contributed by atoms with E-state index in [1.165, 1.54) is 4.90 Å². The summed E-state index contributed by atoms with van der Waals surface area (Å²) in [5.74, 6) is -1.47. The van der Waals surface area contributed by atoms with E-state index in [0.717, 1.165) is 43.9 Å². The Bertz CT molecular complexity index is 951. The molecule has 1 amide bonds. The van der Waals surface area contributed by atoms with Crippen molar-refractivity contribution in [2.45, 2.75) is 31.4 Å². The molecule has 4 rings (SSSR count). The van der Waals surface area contributed by atoms with Gasteiger partial charge in [0.05, 0.1) is 5.56 Å². The number of amides is 1. The van der Waals surface area contributed by atoms with Gasteiger partial charge in [-0.2, -0.15) is 0 Å². The van der Waals surface area contributed by atoms with Gasteiger partial charge in [-0.05, 0) is 31.0 Å². The van der Waals surface area contributed by atoms with Crippen molar-refractivity contribution in [3.63, 3.8) is 0 Å². The van der Waals surface area contributed by atoms with Crippen LogP contribution in [0.25, 0.3) is 0 Å². The van der Waals surface area contributed by atoms with Crippen LogP contribution in [0.3, 0.4) is 0 Å². The molecule has 0 aliphatic carbocycles. The van der Waals surface area contributed by atoms with E-state index in [9.17, 15) is 19.1 Å². The van der Waals surface area contributed by atoms with Gasteiger partial charge in [-0.1, -0.05) is 6.07 Å². The van der Waals surface area contributed by atoms with Crippen LogP contribution < -0.4 is 4.90 Å². The summed E-state index contributed by atoms with van der Waals surface area (Å²) in [5.41, 5.74) is -1.42. The molecule has 1 aromatic carbocycles. The number of hydrogen-bond donors (Lipinski definition) is 1. The zero-order chi connectivity index (χ0) is 21.3. The molecule has 158 valence electrons. The lowest BCUT2D eigenvalue weighted by Crippen LogP contribution is -2.43. The highest BCUT2D eigenvalue weighted by Gasteiger charge is 2.38. The molecule has 0 radical (unpaired) electrons. The fourth-order valence-electron chi connectivity index (χ4n) is 4.15. The quantitative estimate of drug-likeness (QED) is 0.775. The van der Waals surface area contributed by atoms with Crippen molar-refractivity contribution in [2.75, 3.05) is 31.1 Å². The van der Waals surface area contributed by atoms with E-state index in [1.807, 2.05) is 6.07 Å². The van der Waals surface area contributed by atoms with Crippen LogP contribution in [-0.4, -0.2) is 53.4 Å². The van der Waals surface area contributed by atoms with Gasteiger partial charge in [-0.15, -0.1) is 0 Å². The predicted octanol–water partition coefficient (Wildman–Crippen LogP) is 3.44. The molecular formula is C22H23F2N3O3. The van der Waals surface area contributed by atoms with E-state index in [-0.39, 0.29) is 43.3 Å². The molecule has 2 aliphatic heterocycles. The summed E-state index contributed by atoms with van der Waals surface area (Å²) in [6, 6.07) is 5.65. The predicted molar refractivity (Wildman–Crippen MR) is 107 cm³/mol. The van der Waals surface area contributed by atoms with Crippen LogP contribution in [0.4, 0.5) is 14.6 Å². The first-order chi connectivity index (χ1) is 14.4. The lowest BCUT2D eigenvalue weighted by molar-refractivity contribution is 0.0420. The van der Waals surface area contributed by atoms with Gasteiger partial charge in [0, 0.05) is 56.3 Å². The van der Waals surface area contributed by atoms with E-state index < -0.39 is 23.1 Å². The average molecular weight is 415 g/mol. The number of aromatic hydroxyl groups is 1. The molecule has 6 nitrogen and oxygen atoms in total. The number of carbonyl (C=O) groups is 2. The first kappa shape index (κ1) is 20.3. The third-order valence-electron chi connectivity index (χ3n) is 6.01. The molecule has 0 atom stereocenters. The Kier molecular flexibility index (Phi) is 5.40. The monoisotopic (exact) mass is 415 g/mol. The summed E-state index contributed by atoms with van der Waals surface area (Å²) in [6.07, 6.45) is 4.35. The molecule has 1 aromatic heterocycles. The number of anilines is 1. The molecule has 2 aromatic rings. The third-order valence-corrected chi connectivity index (χ3v) is 6.01. The van der Waals surface area contributed by atoms with Crippen molar-refractivity contribution >= 4 is 18.0 Å². The molecule has 0 bridgehead atoms. The van der Waals surface area contributed by atoms with Crippen LogP contribution in [0.5, 0.6) is 5.75 Å².